The minimum atomic E-state index is -2.52. The van der Waals surface area contributed by atoms with Crippen molar-refractivity contribution in [1.29, 1.82) is 0 Å². The van der Waals surface area contributed by atoms with E-state index in [0.717, 1.165) is 24.0 Å². The molecule has 1 aromatic rings. The summed E-state index contributed by atoms with van der Waals surface area (Å²) in [6, 6.07) is 0. The van der Waals surface area contributed by atoms with Gasteiger partial charge in [0.05, 0.1) is 6.54 Å². The van der Waals surface area contributed by atoms with Gasteiger partial charge in [0.1, 0.15) is 5.82 Å². The van der Waals surface area contributed by atoms with Crippen LogP contribution >= 0.6 is 0 Å². The maximum absolute atomic E-state index is 12.6. The molecule has 0 saturated heterocycles. The Hall–Kier alpha value is -1.01. The van der Waals surface area contributed by atoms with Gasteiger partial charge < -0.3 is 10.2 Å². The summed E-state index contributed by atoms with van der Waals surface area (Å²) in [6.07, 6.45) is 6.29. The molecule has 1 aliphatic rings. The SMILES string of the molecule is CN(C)C1(CNCc2nccn2C(F)F)CCC1. The van der Waals surface area contributed by atoms with Gasteiger partial charge in [-0.15, -0.1) is 0 Å². The molecule has 18 heavy (non-hydrogen) atoms. The molecule has 0 aromatic carbocycles. The summed E-state index contributed by atoms with van der Waals surface area (Å²) in [5.74, 6) is 0.387. The Morgan fingerprint density at radius 3 is 2.72 bits per heavy atom. The van der Waals surface area contributed by atoms with Crippen LogP contribution in [0.2, 0.25) is 0 Å². The lowest BCUT2D eigenvalue weighted by Crippen LogP contribution is -2.56. The molecule has 0 amide bonds. The highest BCUT2D eigenvalue weighted by Gasteiger charge is 2.38. The molecule has 2 rings (SSSR count). The Balaban J connectivity index is 1.86. The van der Waals surface area contributed by atoms with Crippen molar-refractivity contribution >= 4 is 0 Å². The van der Waals surface area contributed by atoms with Gasteiger partial charge in [0.2, 0.25) is 0 Å². The summed E-state index contributed by atoms with van der Waals surface area (Å²) in [5.41, 5.74) is 0.197. The maximum Gasteiger partial charge on any atom is 0.319 e. The Kier molecular flexibility index (Phi) is 3.97. The van der Waals surface area contributed by atoms with Gasteiger partial charge in [0.15, 0.2) is 0 Å². The van der Waals surface area contributed by atoms with Crippen LogP contribution in [0.5, 0.6) is 0 Å². The lowest BCUT2D eigenvalue weighted by molar-refractivity contribution is 0.0562. The number of nitrogens with zero attached hydrogens (tertiary/aromatic N) is 3. The maximum atomic E-state index is 12.6. The molecule has 1 aliphatic carbocycles. The van der Waals surface area contributed by atoms with Crippen molar-refractivity contribution in [3.05, 3.63) is 18.2 Å². The summed E-state index contributed by atoms with van der Waals surface area (Å²) in [4.78, 5) is 6.18. The van der Waals surface area contributed by atoms with E-state index < -0.39 is 6.55 Å². The standard InChI is InChI=1S/C12H20F2N4/c1-17(2)12(4-3-5-12)9-15-8-10-16-6-7-18(10)11(13)14/h6-7,11,15H,3-5,8-9H2,1-2H3. The third-order valence-corrected chi connectivity index (χ3v) is 3.93. The quantitative estimate of drug-likeness (QED) is 0.845. The zero-order chi connectivity index (χ0) is 13.2. The molecule has 1 saturated carbocycles. The van der Waals surface area contributed by atoms with Crippen LogP contribution < -0.4 is 5.32 Å². The number of nitrogens with one attached hydrogen (secondary N) is 1. The van der Waals surface area contributed by atoms with Gasteiger partial charge in [-0.25, -0.2) is 4.98 Å². The van der Waals surface area contributed by atoms with Crippen molar-refractivity contribution in [2.45, 2.75) is 37.9 Å². The molecular formula is C12H20F2N4. The van der Waals surface area contributed by atoms with Crippen LogP contribution in [-0.4, -0.2) is 40.6 Å². The Morgan fingerprint density at radius 2 is 2.22 bits per heavy atom. The number of aromatic nitrogens is 2. The van der Waals surface area contributed by atoms with Crippen LogP contribution in [0.15, 0.2) is 12.4 Å². The molecule has 6 heteroatoms. The predicted molar refractivity (Wildman–Crippen MR) is 65.5 cm³/mol. The van der Waals surface area contributed by atoms with Crippen molar-refractivity contribution in [3.63, 3.8) is 0 Å². The molecule has 1 aromatic heterocycles. The van der Waals surface area contributed by atoms with E-state index in [1.165, 1.54) is 18.8 Å². The van der Waals surface area contributed by atoms with Gasteiger partial charge in [0, 0.05) is 24.5 Å². The van der Waals surface area contributed by atoms with Crippen LogP contribution in [0.1, 0.15) is 31.6 Å². The zero-order valence-electron chi connectivity index (χ0n) is 10.9. The second-order valence-electron chi connectivity index (χ2n) is 5.10. The molecule has 1 N–H and O–H groups in total. The molecule has 1 fully saturated rings. The van der Waals surface area contributed by atoms with Crippen LogP contribution in [0.3, 0.4) is 0 Å². The third kappa shape index (κ3) is 2.54. The molecule has 0 atom stereocenters. The lowest BCUT2D eigenvalue weighted by atomic mass is 9.75. The minimum absolute atomic E-state index is 0.197. The van der Waals surface area contributed by atoms with Gasteiger partial charge in [0.25, 0.3) is 0 Å². The fourth-order valence-electron chi connectivity index (χ4n) is 2.43. The van der Waals surface area contributed by atoms with E-state index in [1.54, 1.807) is 0 Å². The largest absolute Gasteiger partial charge is 0.319 e. The highest BCUT2D eigenvalue weighted by atomic mass is 19.3. The Labute approximate surface area is 106 Å². The number of hydrogen-bond donors (Lipinski definition) is 1. The second kappa shape index (κ2) is 5.32. The van der Waals surface area contributed by atoms with E-state index in [-0.39, 0.29) is 5.54 Å². The highest BCUT2D eigenvalue weighted by molar-refractivity contribution is 4.99. The Morgan fingerprint density at radius 1 is 1.50 bits per heavy atom. The van der Waals surface area contributed by atoms with Gasteiger partial charge in [-0.2, -0.15) is 8.78 Å². The average Bonchev–Trinajstić information content (AvgIpc) is 2.69. The lowest BCUT2D eigenvalue weighted by Gasteiger charge is -2.47. The number of rotatable bonds is 6. The van der Waals surface area contributed by atoms with E-state index >= 15 is 0 Å². The first-order chi connectivity index (χ1) is 8.55. The predicted octanol–water partition coefficient (Wildman–Crippen LogP) is 1.85. The first kappa shape index (κ1) is 13.4. The number of alkyl halides is 2. The first-order valence-corrected chi connectivity index (χ1v) is 6.23. The van der Waals surface area contributed by atoms with Gasteiger partial charge in [-0.05, 0) is 33.4 Å². The molecule has 4 nitrogen and oxygen atoms in total. The van der Waals surface area contributed by atoms with Crippen molar-refractivity contribution in [3.8, 4) is 0 Å². The van der Waals surface area contributed by atoms with E-state index in [2.05, 4.69) is 29.3 Å². The summed E-state index contributed by atoms with van der Waals surface area (Å²) in [7, 11) is 4.14. The monoisotopic (exact) mass is 258 g/mol. The van der Waals surface area contributed by atoms with E-state index in [1.807, 2.05) is 0 Å². The molecule has 0 aliphatic heterocycles. The van der Waals surface area contributed by atoms with Crippen LogP contribution in [-0.2, 0) is 6.54 Å². The van der Waals surface area contributed by atoms with E-state index in [0.29, 0.717) is 12.4 Å². The van der Waals surface area contributed by atoms with Crippen molar-refractivity contribution in [1.82, 2.24) is 19.8 Å². The summed E-state index contributed by atoms with van der Waals surface area (Å²) in [6.45, 7) is -1.32. The molecule has 1 heterocycles. The first-order valence-electron chi connectivity index (χ1n) is 6.23. The van der Waals surface area contributed by atoms with Gasteiger partial charge >= 0.3 is 6.55 Å². The number of hydrogen-bond acceptors (Lipinski definition) is 3. The molecular weight excluding hydrogens is 238 g/mol. The zero-order valence-corrected chi connectivity index (χ0v) is 10.9. The van der Waals surface area contributed by atoms with E-state index in [9.17, 15) is 8.78 Å². The van der Waals surface area contributed by atoms with Crippen molar-refractivity contribution in [2.24, 2.45) is 0 Å². The normalized spacial score (nSPS) is 18.3. The number of imidazole rings is 1. The smallest absolute Gasteiger partial charge is 0.308 e. The molecule has 102 valence electrons. The highest BCUT2D eigenvalue weighted by Crippen LogP contribution is 2.35. The van der Waals surface area contributed by atoms with Crippen LogP contribution in [0, 0.1) is 0 Å². The third-order valence-electron chi connectivity index (χ3n) is 3.93. The molecule has 0 radical (unpaired) electrons. The summed E-state index contributed by atoms with van der Waals surface area (Å²) in [5, 5.41) is 3.25. The fraction of sp³-hybridized carbons (Fsp3) is 0.750. The summed E-state index contributed by atoms with van der Waals surface area (Å²) >= 11 is 0. The van der Waals surface area contributed by atoms with Gasteiger partial charge in [-0.3, -0.25) is 4.57 Å². The number of likely N-dealkylation sites (N-methyl/N-ethyl adjacent to an activating group) is 1. The second-order valence-corrected chi connectivity index (χ2v) is 5.10. The Bertz CT molecular complexity index is 385. The van der Waals surface area contributed by atoms with Crippen LogP contribution in [0.25, 0.3) is 0 Å². The fourth-order valence-corrected chi connectivity index (χ4v) is 2.43. The molecule has 0 spiro atoms. The van der Waals surface area contributed by atoms with Crippen LogP contribution in [0.4, 0.5) is 8.78 Å². The topological polar surface area (TPSA) is 33.1 Å². The molecule has 0 bridgehead atoms. The van der Waals surface area contributed by atoms with E-state index in [4.69, 9.17) is 0 Å². The van der Waals surface area contributed by atoms with Crippen molar-refractivity contribution < 1.29 is 8.78 Å². The van der Waals surface area contributed by atoms with Crippen molar-refractivity contribution in [2.75, 3.05) is 20.6 Å². The summed E-state index contributed by atoms with van der Waals surface area (Å²) < 4.78 is 26.1. The molecule has 0 unspecified atom stereocenters. The number of halogens is 2. The average molecular weight is 258 g/mol. The minimum Gasteiger partial charge on any atom is -0.308 e. The van der Waals surface area contributed by atoms with Gasteiger partial charge in [-0.1, -0.05) is 0 Å².